The highest BCUT2D eigenvalue weighted by Crippen LogP contribution is 2.35. The lowest BCUT2D eigenvalue weighted by molar-refractivity contribution is -0.0139. The van der Waals surface area contributed by atoms with Crippen LogP contribution in [0.5, 0.6) is 0 Å². The number of aliphatic hydroxyl groups is 2. The van der Waals surface area contributed by atoms with Gasteiger partial charge in [0.25, 0.3) is 0 Å². The van der Waals surface area contributed by atoms with E-state index in [-0.39, 0.29) is 11.2 Å². The van der Waals surface area contributed by atoms with Crippen LogP contribution < -0.4 is 0 Å². The molecular weight excluding hydrogens is 392 g/mol. The van der Waals surface area contributed by atoms with Crippen LogP contribution in [0.4, 0.5) is 0 Å². The highest BCUT2D eigenvalue weighted by Gasteiger charge is 2.31. The van der Waals surface area contributed by atoms with Gasteiger partial charge in [0, 0.05) is 0 Å². The smallest absolute Gasteiger partial charge is 0.0650 e. The lowest BCUT2D eigenvalue weighted by atomic mass is 9.79. The molecule has 32 heavy (non-hydrogen) atoms. The molecule has 0 aromatic rings. The minimum atomic E-state index is -0.299. The molecule has 3 aliphatic rings. The topological polar surface area (TPSA) is 40.5 Å². The molecule has 0 saturated heterocycles. The van der Waals surface area contributed by atoms with Crippen molar-refractivity contribution in [1.82, 2.24) is 0 Å². The van der Waals surface area contributed by atoms with Crippen molar-refractivity contribution >= 4 is 0 Å². The predicted molar refractivity (Wildman–Crippen MR) is 141 cm³/mol. The SMILES string of the molecule is CC(C)CC1(O)CCCC1.CC(C)CC1(O)CCCCC1.CC(C)CC1CCC(C)CC1. The molecule has 3 aliphatic carbocycles. The van der Waals surface area contributed by atoms with Crippen LogP contribution in [0.25, 0.3) is 0 Å². The van der Waals surface area contributed by atoms with Crippen LogP contribution in [0.3, 0.4) is 0 Å². The number of rotatable bonds is 6. The molecule has 192 valence electrons. The molecule has 3 rings (SSSR count). The molecule has 0 amide bonds. The second-order valence-corrected chi connectivity index (χ2v) is 13.2. The first kappa shape index (κ1) is 30.0. The first-order valence-corrected chi connectivity index (χ1v) is 14.4. The van der Waals surface area contributed by atoms with E-state index in [1.807, 2.05) is 0 Å². The van der Waals surface area contributed by atoms with Crippen molar-refractivity contribution < 1.29 is 10.2 Å². The van der Waals surface area contributed by atoms with Crippen molar-refractivity contribution in [3.8, 4) is 0 Å². The Morgan fingerprint density at radius 3 is 1.31 bits per heavy atom. The van der Waals surface area contributed by atoms with Gasteiger partial charge in [-0.3, -0.25) is 0 Å². The summed E-state index contributed by atoms with van der Waals surface area (Å²) in [6, 6.07) is 0. The van der Waals surface area contributed by atoms with Gasteiger partial charge in [0.1, 0.15) is 0 Å². The fourth-order valence-corrected chi connectivity index (χ4v) is 6.40. The Morgan fingerprint density at radius 1 is 0.594 bits per heavy atom. The molecule has 0 bridgehead atoms. The van der Waals surface area contributed by atoms with E-state index in [0.717, 1.165) is 56.3 Å². The average molecular weight is 453 g/mol. The summed E-state index contributed by atoms with van der Waals surface area (Å²) in [4.78, 5) is 0. The van der Waals surface area contributed by atoms with Crippen molar-refractivity contribution in [2.45, 2.75) is 162 Å². The lowest BCUT2D eigenvalue weighted by Crippen LogP contribution is -2.32. The Kier molecular flexibility index (Phi) is 14.1. The predicted octanol–water partition coefficient (Wildman–Crippen LogP) is 8.92. The molecule has 0 aliphatic heterocycles. The summed E-state index contributed by atoms with van der Waals surface area (Å²) in [5.41, 5.74) is -0.583. The molecule has 3 saturated carbocycles. The lowest BCUT2D eigenvalue weighted by Gasteiger charge is -2.33. The van der Waals surface area contributed by atoms with Gasteiger partial charge in [0.05, 0.1) is 11.2 Å². The summed E-state index contributed by atoms with van der Waals surface area (Å²) in [5.74, 6) is 4.26. The molecule has 0 atom stereocenters. The molecule has 0 aromatic heterocycles. The largest absolute Gasteiger partial charge is 0.390 e. The van der Waals surface area contributed by atoms with E-state index in [9.17, 15) is 10.2 Å². The second kappa shape index (κ2) is 15.0. The van der Waals surface area contributed by atoms with E-state index in [4.69, 9.17) is 0 Å². The van der Waals surface area contributed by atoms with Crippen molar-refractivity contribution in [2.24, 2.45) is 29.6 Å². The van der Waals surface area contributed by atoms with Crippen molar-refractivity contribution in [1.29, 1.82) is 0 Å². The summed E-state index contributed by atoms with van der Waals surface area (Å²) in [6.45, 7) is 15.8. The molecule has 0 spiro atoms. The maximum atomic E-state index is 10.0. The summed E-state index contributed by atoms with van der Waals surface area (Å²) in [7, 11) is 0. The molecule has 2 N–H and O–H groups in total. The highest BCUT2D eigenvalue weighted by molar-refractivity contribution is 4.85. The van der Waals surface area contributed by atoms with Gasteiger partial charge in [0.2, 0.25) is 0 Å². The highest BCUT2D eigenvalue weighted by atomic mass is 16.3. The van der Waals surface area contributed by atoms with Gasteiger partial charge in [-0.15, -0.1) is 0 Å². The third-order valence-electron chi connectivity index (χ3n) is 7.84. The standard InChI is InChI=1S/C11H22.C10H20O.C9H18O/c1-9(2)8-11-6-4-10(3)5-7-11;1-9(2)8-10(11)6-4-3-5-7-10;1-8(2)7-9(10)5-3-4-6-9/h9-11H,4-8H2,1-3H3;9,11H,3-8H2,1-2H3;8,10H,3-7H2,1-2H3. The number of hydrogen-bond donors (Lipinski definition) is 2. The molecule has 0 aromatic carbocycles. The van der Waals surface area contributed by atoms with E-state index >= 15 is 0 Å². The average Bonchev–Trinajstić information content (AvgIpc) is 3.09. The number of hydrogen-bond acceptors (Lipinski definition) is 2. The molecule has 2 nitrogen and oxygen atoms in total. The molecule has 0 radical (unpaired) electrons. The normalized spacial score (nSPS) is 27.0. The third kappa shape index (κ3) is 13.6. The Balaban J connectivity index is 0.000000240. The molecule has 3 fully saturated rings. The summed E-state index contributed by atoms with van der Waals surface area (Å²) < 4.78 is 0. The van der Waals surface area contributed by atoms with Crippen LogP contribution in [-0.4, -0.2) is 21.4 Å². The summed E-state index contributed by atoms with van der Waals surface area (Å²) in [5, 5.41) is 19.9. The van der Waals surface area contributed by atoms with Gasteiger partial charge in [0.15, 0.2) is 0 Å². The van der Waals surface area contributed by atoms with E-state index in [2.05, 4.69) is 48.5 Å². The Hall–Kier alpha value is -0.0800. The Morgan fingerprint density at radius 2 is 0.969 bits per heavy atom. The first-order valence-electron chi connectivity index (χ1n) is 14.4. The quantitative estimate of drug-likeness (QED) is 0.422. The zero-order valence-corrected chi connectivity index (χ0v) is 23.1. The molecular formula is C30H60O2. The minimum absolute atomic E-state index is 0.284. The van der Waals surface area contributed by atoms with Gasteiger partial charge in [-0.05, 0) is 74.5 Å². The van der Waals surface area contributed by atoms with Crippen LogP contribution in [0, 0.1) is 29.6 Å². The maximum absolute atomic E-state index is 10.0. The zero-order valence-electron chi connectivity index (χ0n) is 23.1. The van der Waals surface area contributed by atoms with Crippen LogP contribution in [-0.2, 0) is 0 Å². The molecule has 0 heterocycles. The Labute approximate surface area is 202 Å². The van der Waals surface area contributed by atoms with Crippen molar-refractivity contribution in [2.75, 3.05) is 0 Å². The second-order valence-electron chi connectivity index (χ2n) is 13.2. The van der Waals surface area contributed by atoms with Crippen LogP contribution in [0.1, 0.15) is 151 Å². The van der Waals surface area contributed by atoms with Crippen LogP contribution in [0.15, 0.2) is 0 Å². The fraction of sp³-hybridized carbons (Fsp3) is 1.00. The van der Waals surface area contributed by atoms with E-state index in [0.29, 0.717) is 11.8 Å². The van der Waals surface area contributed by atoms with Gasteiger partial charge in [-0.25, -0.2) is 0 Å². The van der Waals surface area contributed by atoms with Crippen LogP contribution >= 0.6 is 0 Å². The first-order chi connectivity index (χ1) is 14.9. The fourth-order valence-electron chi connectivity index (χ4n) is 6.40. The third-order valence-corrected chi connectivity index (χ3v) is 7.84. The van der Waals surface area contributed by atoms with Crippen LogP contribution in [0.2, 0.25) is 0 Å². The maximum Gasteiger partial charge on any atom is 0.0650 e. The van der Waals surface area contributed by atoms with Crippen molar-refractivity contribution in [3.63, 3.8) is 0 Å². The van der Waals surface area contributed by atoms with E-state index < -0.39 is 0 Å². The zero-order chi connectivity index (χ0) is 24.2. The van der Waals surface area contributed by atoms with E-state index in [1.165, 1.54) is 64.2 Å². The summed E-state index contributed by atoms with van der Waals surface area (Å²) >= 11 is 0. The van der Waals surface area contributed by atoms with Gasteiger partial charge < -0.3 is 10.2 Å². The van der Waals surface area contributed by atoms with Gasteiger partial charge in [-0.1, -0.05) is 106 Å². The molecule has 0 unspecified atom stereocenters. The minimum Gasteiger partial charge on any atom is -0.390 e. The van der Waals surface area contributed by atoms with Crippen molar-refractivity contribution in [3.05, 3.63) is 0 Å². The van der Waals surface area contributed by atoms with Gasteiger partial charge in [-0.2, -0.15) is 0 Å². The van der Waals surface area contributed by atoms with Gasteiger partial charge >= 0.3 is 0 Å². The van der Waals surface area contributed by atoms with E-state index in [1.54, 1.807) is 0 Å². The monoisotopic (exact) mass is 452 g/mol. The molecule has 2 heteroatoms. The Bertz CT molecular complexity index is 447. The summed E-state index contributed by atoms with van der Waals surface area (Å²) in [6.07, 6.45) is 19.8.